The lowest BCUT2D eigenvalue weighted by atomic mass is 9.93. The van der Waals surface area contributed by atoms with Crippen molar-refractivity contribution in [3.63, 3.8) is 0 Å². The van der Waals surface area contributed by atoms with Gasteiger partial charge in [-0.1, -0.05) is 25.1 Å². The molecule has 0 bridgehead atoms. The summed E-state index contributed by atoms with van der Waals surface area (Å²) in [5, 5.41) is 3.55. The van der Waals surface area contributed by atoms with Gasteiger partial charge in [0, 0.05) is 24.7 Å². The zero-order valence-electron chi connectivity index (χ0n) is 12.6. The molecule has 2 saturated heterocycles. The van der Waals surface area contributed by atoms with Crippen LogP contribution in [-0.2, 0) is 6.54 Å². The second-order valence-electron chi connectivity index (χ2n) is 6.03. The van der Waals surface area contributed by atoms with Crippen LogP contribution in [0.1, 0.15) is 25.8 Å². The van der Waals surface area contributed by atoms with E-state index in [2.05, 4.69) is 48.3 Å². The molecule has 20 heavy (non-hydrogen) atoms. The molecular formula is C17H26N2O. The van der Waals surface area contributed by atoms with E-state index in [1.165, 1.54) is 31.6 Å². The minimum atomic E-state index is 0.727. The van der Waals surface area contributed by atoms with Crippen LogP contribution in [0, 0.1) is 11.8 Å². The monoisotopic (exact) mass is 274 g/mol. The van der Waals surface area contributed by atoms with Crippen molar-refractivity contribution < 1.29 is 4.74 Å². The van der Waals surface area contributed by atoms with Crippen LogP contribution in [0.3, 0.4) is 0 Å². The van der Waals surface area contributed by atoms with Crippen molar-refractivity contribution in [2.45, 2.75) is 32.9 Å². The molecule has 2 aliphatic heterocycles. The second kappa shape index (κ2) is 6.15. The molecule has 1 aromatic carbocycles. The van der Waals surface area contributed by atoms with Crippen molar-refractivity contribution in [2.75, 3.05) is 26.2 Å². The number of benzene rings is 1. The second-order valence-corrected chi connectivity index (χ2v) is 6.03. The number of fused-ring (bicyclic) bond motifs is 1. The first-order valence-electron chi connectivity index (χ1n) is 7.99. The smallest absolute Gasteiger partial charge is 0.123 e. The van der Waals surface area contributed by atoms with E-state index >= 15 is 0 Å². The van der Waals surface area contributed by atoms with Gasteiger partial charge >= 0.3 is 0 Å². The third kappa shape index (κ3) is 2.57. The van der Waals surface area contributed by atoms with Gasteiger partial charge in [0.05, 0.1) is 6.61 Å². The molecule has 3 nitrogen and oxygen atoms in total. The predicted octanol–water partition coefficient (Wildman–Crippen LogP) is 2.52. The molecule has 2 aliphatic rings. The van der Waals surface area contributed by atoms with Gasteiger partial charge in [0.15, 0.2) is 0 Å². The van der Waals surface area contributed by atoms with E-state index in [4.69, 9.17) is 4.74 Å². The Hall–Kier alpha value is -1.06. The number of ether oxygens (including phenoxy) is 1. The van der Waals surface area contributed by atoms with E-state index in [1.54, 1.807) is 0 Å². The number of hydrogen-bond donors (Lipinski definition) is 1. The first kappa shape index (κ1) is 13.9. The van der Waals surface area contributed by atoms with Gasteiger partial charge in [-0.2, -0.15) is 0 Å². The first-order chi connectivity index (χ1) is 9.83. The van der Waals surface area contributed by atoms with Gasteiger partial charge in [-0.25, -0.2) is 0 Å². The summed E-state index contributed by atoms with van der Waals surface area (Å²) in [6.45, 7) is 9.78. The van der Waals surface area contributed by atoms with Crippen molar-refractivity contribution in [1.29, 1.82) is 0 Å². The molecular weight excluding hydrogens is 248 g/mol. The van der Waals surface area contributed by atoms with E-state index in [1.807, 2.05) is 0 Å². The van der Waals surface area contributed by atoms with E-state index in [9.17, 15) is 0 Å². The lowest BCUT2D eigenvalue weighted by Gasteiger charge is -2.27. The molecule has 0 saturated carbocycles. The van der Waals surface area contributed by atoms with E-state index in [0.29, 0.717) is 0 Å². The highest BCUT2D eigenvalue weighted by Gasteiger charge is 2.42. The van der Waals surface area contributed by atoms with Crippen LogP contribution in [0.5, 0.6) is 5.75 Å². The Bertz CT molecular complexity index is 448. The van der Waals surface area contributed by atoms with Crippen LogP contribution in [0.25, 0.3) is 0 Å². The summed E-state index contributed by atoms with van der Waals surface area (Å²) in [5.74, 6) is 2.75. The largest absolute Gasteiger partial charge is 0.494 e. The summed E-state index contributed by atoms with van der Waals surface area (Å²) >= 11 is 0. The maximum Gasteiger partial charge on any atom is 0.123 e. The first-order valence-corrected chi connectivity index (χ1v) is 7.99. The molecule has 3 unspecified atom stereocenters. The van der Waals surface area contributed by atoms with E-state index < -0.39 is 0 Å². The topological polar surface area (TPSA) is 24.5 Å². The lowest BCUT2D eigenvalue weighted by Crippen LogP contribution is -2.34. The number of hydrogen-bond acceptors (Lipinski definition) is 3. The maximum atomic E-state index is 5.77. The average molecular weight is 274 g/mol. The molecule has 0 radical (unpaired) electrons. The Morgan fingerprint density at radius 1 is 1.25 bits per heavy atom. The lowest BCUT2D eigenvalue weighted by molar-refractivity contribution is 0.206. The molecule has 0 spiro atoms. The van der Waals surface area contributed by atoms with Crippen LogP contribution in [-0.4, -0.2) is 37.2 Å². The average Bonchev–Trinajstić information content (AvgIpc) is 3.01. The Morgan fingerprint density at radius 2 is 2.10 bits per heavy atom. The Labute approximate surface area is 122 Å². The molecule has 0 amide bonds. The normalized spacial score (nSPS) is 29.6. The zero-order chi connectivity index (χ0) is 13.9. The van der Waals surface area contributed by atoms with Crippen LogP contribution in [0.15, 0.2) is 24.3 Å². The van der Waals surface area contributed by atoms with Gasteiger partial charge in [-0.15, -0.1) is 0 Å². The number of rotatable bonds is 5. The molecule has 110 valence electrons. The molecule has 0 aromatic heterocycles. The number of nitrogens with one attached hydrogen (secondary N) is 1. The predicted molar refractivity (Wildman–Crippen MR) is 81.9 cm³/mol. The van der Waals surface area contributed by atoms with Crippen LogP contribution in [0.2, 0.25) is 0 Å². The van der Waals surface area contributed by atoms with Crippen molar-refractivity contribution in [3.8, 4) is 5.75 Å². The summed E-state index contributed by atoms with van der Waals surface area (Å²) < 4.78 is 5.77. The Morgan fingerprint density at radius 3 is 2.90 bits per heavy atom. The maximum absolute atomic E-state index is 5.77. The summed E-state index contributed by atoms with van der Waals surface area (Å²) in [6, 6.07) is 9.22. The van der Waals surface area contributed by atoms with E-state index in [0.717, 1.165) is 36.8 Å². The highest BCUT2D eigenvalue weighted by Crippen LogP contribution is 2.36. The van der Waals surface area contributed by atoms with Gasteiger partial charge in [-0.05, 0) is 44.3 Å². The third-order valence-electron chi connectivity index (χ3n) is 4.89. The number of para-hydroxylation sites is 1. The molecule has 2 fully saturated rings. The van der Waals surface area contributed by atoms with E-state index in [-0.39, 0.29) is 0 Å². The van der Waals surface area contributed by atoms with Gasteiger partial charge in [0.1, 0.15) is 5.75 Å². The fraction of sp³-hybridized carbons (Fsp3) is 0.647. The van der Waals surface area contributed by atoms with Crippen molar-refractivity contribution in [1.82, 2.24) is 10.2 Å². The van der Waals surface area contributed by atoms with Crippen molar-refractivity contribution in [3.05, 3.63) is 29.8 Å². The minimum Gasteiger partial charge on any atom is -0.494 e. The fourth-order valence-corrected chi connectivity index (χ4v) is 4.00. The highest BCUT2D eigenvalue weighted by atomic mass is 16.5. The summed E-state index contributed by atoms with van der Waals surface area (Å²) in [5.41, 5.74) is 1.33. The minimum absolute atomic E-state index is 0.727. The standard InChI is InChI=1S/C17H26N2O/c1-3-16-15-10-18-9-14(15)12-19(16)11-13-7-5-6-8-17(13)20-4-2/h5-8,14-16,18H,3-4,9-12H2,1-2H3. The number of likely N-dealkylation sites (tertiary alicyclic amines) is 1. The quantitative estimate of drug-likeness (QED) is 0.893. The molecule has 3 heteroatoms. The van der Waals surface area contributed by atoms with Crippen LogP contribution >= 0.6 is 0 Å². The third-order valence-corrected chi connectivity index (χ3v) is 4.89. The fourth-order valence-electron chi connectivity index (χ4n) is 4.00. The zero-order valence-corrected chi connectivity index (χ0v) is 12.6. The van der Waals surface area contributed by atoms with Gasteiger partial charge in [-0.3, -0.25) is 4.90 Å². The molecule has 1 aromatic rings. The van der Waals surface area contributed by atoms with Crippen molar-refractivity contribution in [2.24, 2.45) is 11.8 Å². The Kier molecular flexibility index (Phi) is 4.27. The summed E-state index contributed by atoms with van der Waals surface area (Å²) in [7, 11) is 0. The molecule has 1 N–H and O–H groups in total. The molecule has 2 heterocycles. The van der Waals surface area contributed by atoms with Crippen molar-refractivity contribution >= 4 is 0 Å². The number of nitrogens with zero attached hydrogens (tertiary/aromatic N) is 1. The molecule has 3 atom stereocenters. The summed E-state index contributed by atoms with van der Waals surface area (Å²) in [4.78, 5) is 2.67. The van der Waals surface area contributed by atoms with Crippen LogP contribution < -0.4 is 10.1 Å². The highest BCUT2D eigenvalue weighted by molar-refractivity contribution is 5.33. The Balaban J connectivity index is 1.74. The molecule has 3 rings (SSSR count). The molecule has 0 aliphatic carbocycles. The van der Waals surface area contributed by atoms with Gasteiger partial charge in [0.25, 0.3) is 0 Å². The SMILES string of the molecule is CCOc1ccccc1CN1CC2CNCC2C1CC. The van der Waals surface area contributed by atoms with Crippen LogP contribution in [0.4, 0.5) is 0 Å². The van der Waals surface area contributed by atoms with Gasteiger partial charge in [0.2, 0.25) is 0 Å². The summed E-state index contributed by atoms with van der Waals surface area (Å²) in [6.07, 6.45) is 1.25. The van der Waals surface area contributed by atoms with Gasteiger partial charge < -0.3 is 10.1 Å².